The minimum absolute atomic E-state index is 0.0769. The first-order valence-electron chi connectivity index (χ1n) is 7.05. The standard InChI is InChI=1S/C15H23NO2S/c1-15(2,3)12-9-19-13(16-12)8-10-6-4-5-7-11(10)14(17)18/h9-11H,4-8H2,1-3H3,(H,17,18). The zero-order chi connectivity index (χ0) is 14.0. The van der Waals surface area contributed by atoms with Crippen molar-refractivity contribution in [2.24, 2.45) is 11.8 Å². The number of hydrogen-bond donors (Lipinski definition) is 1. The summed E-state index contributed by atoms with van der Waals surface area (Å²) in [5, 5.41) is 12.5. The van der Waals surface area contributed by atoms with Gasteiger partial charge in [-0.15, -0.1) is 11.3 Å². The lowest BCUT2D eigenvalue weighted by Crippen LogP contribution is -2.28. The van der Waals surface area contributed by atoms with E-state index in [2.05, 4.69) is 26.2 Å². The van der Waals surface area contributed by atoms with Crippen LogP contribution in [0.25, 0.3) is 0 Å². The molecule has 1 aliphatic rings. The summed E-state index contributed by atoms with van der Waals surface area (Å²) in [6.07, 6.45) is 4.90. The van der Waals surface area contributed by atoms with E-state index in [1.807, 2.05) is 0 Å². The summed E-state index contributed by atoms with van der Waals surface area (Å²) in [6.45, 7) is 6.48. The zero-order valence-electron chi connectivity index (χ0n) is 12.0. The topological polar surface area (TPSA) is 50.2 Å². The largest absolute Gasteiger partial charge is 0.481 e. The first-order valence-corrected chi connectivity index (χ1v) is 7.93. The minimum atomic E-state index is -0.627. The smallest absolute Gasteiger partial charge is 0.306 e. The number of carboxylic acids is 1. The Morgan fingerprint density at radius 1 is 1.42 bits per heavy atom. The highest BCUT2D eigenvalue weighted by molar-refractivity contribution is 7.09. The fourth-order valence-electron chi connectivity index (χ4n) is 2.75. The van der Waals surface area contributed by atoms with E-state index in [4.69, 9.17) is 4.98 Å². The van der Waals surface area contributed by atoms with E-state index < -0.39 is 5.97 Å². The molecule has 1 saturated carbocycles. The highest BCUT2D eigenvalue weighted by Gasteiger charge is 2.31. The molecule has 4 heteroatoms. The SMILES string of the molecule is CC(C)(C)c1csc(CC2CCCCC2C(=O)O)n1. The van der Waals surface area contributed by atoms with E-state index in [1.165, 1.54) is 0 Å². The molecule has 1 aromatic heterocycles. The van der Waals surface area contributed by atoms with Crippen LogP contribution in [0.4, 0.5) is 0 Å². The summed E-state index contributed by atoms with van der Waals surface area (Å²) in [4.78, 5) is 16.0. The second kappa shape index (κ2) is 5.61. The summed E-state index contributed by atoms with van der Waals surface area (Å²) in [5.41, 5.74) is 1.20. The molecule has 2 unspecified atom stereocenters. The average molecular weight is 281 g/mol. The Morgan fingerprint density at radius 2 is 2.11 bits per heavy atom. The lowest BCUT2D eigenvalue weighted by Gasteiger charge is -2.27. The van der Waals surface area contributed by atoms with Crippen LogP contribution in [0.5, 0.6) is 0 Å². The zero-order valence-corrected chi connectivity index (χ0v) is 12.8. The van der Waals surface area contributed by atoms with Gasteiger partial charge in [0.2, 0.25) is 0 Å². The van der Waals surface area contributed by atoms with Crippen LogP contribution in [0.2, 0.25) is 0 Å². The van der Waals surface area contributed by atoms with Crippen LogP contribution >= 0.6 is 11.3 Å². The van der Waals surface area contributed by atoms with E-state index in [9.17, 15) is 9.90 Å². The van der Waals surface area contributed by atoms with Crippen LogP contribution in [-0.4, -0.2) is 16.1 Å². The molecule has 3 nitrogen and oxygen atoms in total. The minimum Gasteiger partial charge on any atom is -0.481 e. The van der Waals surface area contributed by atoms with Crippen LogP contribution in [0.1, 0.15) is 57.2 Å². The fraction of sp³-hybridized carbons (Fsp3) is 0.733. The predicted octanol–water partition coefficient (Wildman–Crippen LogP) is 3.87. The average Bonchev–Trinajstić information content (AvgIpc) is 2.77. The molecule has 1 aromatic rings. The molecular formula is C15H23NO2S. The highest BCUT2D eigenvalue weighted by Crippen LogP contribution is 2.34. The van der Waals surface area contributed by atoms with Crippen molar-refractivity contribution in [3.05, 3.63) is 16.1 Å². The highest BCUT2D eigenvalue weighted by atomic mass is 32.1. The van der Waals surface area contributed by atoms with Crippen molar-refractivity contribution in [3.8, 4) is 0 Å². The van der Waals surface area contributed by atoms with Crippen molar-refractivity contribution >= 4 is 17.3 Å². The molecule has 106 valence electrons. The molecule has 0 aliphatic heterocycles. The second-order valence-electron chi connectivity index (χ2n) is 6.57. The third-order valence-electron chi connectivity index (χ3n) is 3.98. The van der Waals surface area contributed by atoms with Crippen LogP contribution in [-0.2, 0) is 16.6 Å². The molecule has 2 rings (SSSR count). The summed E-state index contributed by atoms with van der Waals surface area (Å²) in [5.74, 6) is -0.529. The number of carboxylic acid groups (broad SMARTS) is 1. The van der Waals surface area contributed by atoms with Gasteiger partial charge < -0.3 is 5.11 Å². The summed E-state index contributed by atoms with van der Waals surface area (Å²) in [7, 11) is 0. The Morgan fingerprint density at radius 3 is 2.68 bits per heavy atom. The van der Waals surface area contributed by atoms with Crippen molar-refractivity contribution in [2.45, 2.75) is 58.3 Å². The first-order chi connectivity index (χ1) is 8.88. The van der Waals surface area contributed by atoms with Crippen molar-refractivity contribution in [2.75, 3.05) is 0 Å². The van der Waals surface area contributed by atoms with Gasteiger partial charge in [0.1, 0.15) is 0 Å². The molecule has 1 fully saturated rings. The van der Waals surface area contributed by atoms with Gasteiger partial charge in [0.25, 0.3) is 0 Å². The van der Waals surface area contributed by atoms with Crippen molar-refractivity contribution in [1.82, 2.24) is 4.98 Å². The van der Waals surface area contributed by atoms with Crippen LogP contribution in [0, 0.1) is 11.8 Å². The summed E-state index contributed by atoms with van der Waals surface area (Å²) >= 11 is 1.68. The predicted molar refractivity (Wildman–Crippen MR) is 77.6 cm³/mol. The maximum atomic E-state index is 11.3. The van der Waals surface area contributed by atoms with Crippen LogP contribution < -0.4 is 0 Å². The molecule has 2 atom stereocenters. The number of nitrogens with zero attached hydrogens (tertiary/aromatic N) is 1. The van der Waals surface area contributed by atoms with Gasteiger partial charge >= 0.3 is 5.97 Å². The Hall–Kier alpha value is -0.900. The third kappa shape index (κ3) is 3.56. The number of aromatic nitrogens is 1. The Balaban J connectivity index is 2.07. The Labute approximate surface area is 119 Å². The lowest BCUT2D eigenvalue weighted by molar-refractivity contribution is -0.144. The lowest BCUT2D eigenvalue weighted by atomic mass is 9.77. The maximum absolute atomic E-state index is 11.3. The van der Waals surface area contributed by atoms with Gasteiger partial charge in [0, 0.05) is 17.2 Å². The Bertz CT molecular complexity index is 447. The van der Waals surface area contributed by atoms with E-state index in [0.29, 0.717) is 0 Å². The molecule has 0 aromatic carbocycles. The molecule has 19 heavy (non-hydrogen) atoms. The van der Waals surface area contributed by atoms with E-state index >= 15 is 0 Å². The summed E-state index contributed by atoms with van der Waals surface area (Å²) in [6, 6.07) is 0. The third-order valence-corrected chi connectivity index (χ3v) is 4.85. The van der Waals surface area contributed by atoms with Gasteiger partial charge in [-0.3, -0.25) is 4.79 Å². The van der Waals surface area contributed by atoms with Gasteiger partial charge in [0.15, 0.2) is 0 Å². The first kappa shape index (κ1) is 14.5. The molecule has 0 radical (unpaired) electrons. The summed E-state index contributed by atoms with van der Waals surface area (Å²) < 4.78 is 0. The molecule has 1 heterocycles. The number of hydrogen-bond acceptors (Lipinski definition) is 3. The van der Waals surface area contributed by atoms with Gasteiger partial charge in [-0.1, -0.05) is 33.6 Å². The number of carbonyl (C=O) groups is 1. The van der Waals surface area contributed by atoms with Crippen LogP contribution in [0.3, 0.4) is 0 Å². The van der Waals surface area contributed by atoms with Gasteiger partial charge in [0.05, 0.1) is 16.6 Å². The van der Waals surface area contributed by atoms with E-state index in [1.54, 1.807) is 11.3 Å². The van der Waals surface area contributed by atoms with Crippen LogP contribution in [0.15, 0.2) is 5.38 Å². The molecule has 0 bridgehead atoms. The molecule has 1 N–H and O–H groups in total. The quantitative estimate of drug-likeness (QED) is 0.915. The maximum Gasteiger partial charge on any atom is 0.306 e. The molecule has 0 spiro atoms. The normalized spacial score (nSPS) is 24.4. The van der Waals surface area contributed by atoms with Gasteiger partial charge in [-0.05, 0) is 18.8 Å². The molecule has 0 amide bonds. The van der Waals surface area contributed by atoms with E-state index in [0.717, 1.165) is 42.8 Å². The monoisotopic (exact) mass is 281 g/mol. The number of aliphatic carboxylic acids is 1. The number of rotatable bonds is 3. The molecular weight excluding hydrogens is 258 g/mol. The fourth-order valence-corrected chi connectivity index (χ4v) is 3.87. The van der Waals surface area contributed by atoms with Crippen molar-refractivity contribution < 1.29 is 9.90 Å². The number of thiazole rings is 1. The molecule has 0 saturated heterocycles. The van der Waals surface area contributed by atoms with Crippen molar-refractivity contribution in [1.29, 1.82) is 0 Å². The second-order valence-corrected chi connectivity index (χ2v) is 7.51. The van der Waals surface area contributed by atoms with E-state index in [-0.39, 0.29) is 17.3 Å². The Kier molecular flexibility index (Phi) is 4.29. The van der Waals surface area contributed by atoms with Gasteiger partial charge in [-0.25, -0.2) is 4.98 Å². The molecule has 1 aliphatic carbocycles. The van der Waals surface area contributed by atoms with Crippen molar-refractivity contribution in [3.63, 3.8) is 0 Å². The van der Waals surface area contributed by atoms with Gasteiger partial charge in [-0.2, -0.15) is 0 Å².